The Balaban J connectivity index is 1.93. The van der Waals surface area contributed by atoms with Crippen molar-refractivity contribution in [2.24, 2.45) is 5.92 Å². The Morgan fingerprint density at radius 2 is 2.43 bits per heavy atom. The average Bonchev–Trinajstić information content (AvgIpc) is 2.88. The Morgan fingerprint density at radius 1 is 1.43 bits per heavy atom. The number of aromatic amines is 1. The molecular weight excluding hydrogens is 172 g/mol. The molecule has 3 rings (SSSR count). The van der Waals surface area contributed by atoms with Crippen molar-refractivity contribution in [3.8, 4) is 0 Å². The number of fused-ring (bicyclic) bond motifs is 1. The van der Waals surface area contributed by atoms with Gasteiger partial charge in [0.2, 0.25) is 0 Å². The summed E-state index contributed by atoms with van der Waals surface area (Å²) in [5.74, 6) is 1.28. The SMILES string of the molecule is C1=CC2C(=C1)CCCC2c1cnc[nH]1. The highest BCUT2D eigenvalue weighted by Crippen LogP contribution is 2.43. The predicted octanol–water partition coefficient (Wildman–Crippen LogP) is 2.79. The van der Waals surface area contributed by atoms with Gasteiger partial charge in [-0.25, -0.2) is 4.98 Å². The first-order valence-corrected chi connectivity index (χ1v) is 5.30. The number of imidazole rings is 1. The van der Waals surface area contributed by atoms with Crippen molar-refractivity contribution >= 4 is 0 Å². The zero-order valence-electron chi connectivity index (χ0n) is 8.11. The summed E-state index contributed by atoms with van der Waals surface area (Å²) in [6, 6.07) is 0. The molecule has 2 aliphatic carbocycles. The van der Waals surface area contributed by atoms with Crippen molar-refractivity contribution < 1.29 is 0 Å². The molecule has 1 aromatic heterocycles. The molecular formula is C12H14N2. The molecule has 1 heterocycles. The van der Waals surface area contributed by atoms with Crippen LogP contribution in [0.5, 0.6) is 0 Å². The van der Waals surface area contributed by atoms with Gasteiger partial charge in [-0.2, -0.15) is 0 Å². The molecule has 2 heteroatoms. The standard InChI is InChI=1S/C12H14N2/c1-3-9-4-2-6-11(10(9)5-1)12-7-13-8-14-12/h1,3,5,7-8,10-11H,2,4,6H2,(H,13,14). The first kappa shape index (κ1) is 8.04. The van der Waals surface area contributed by atoms with Crippen molar-refractivity contribution in [3.63, 3.8) is 0 Å². The molecule has 1 N–H and O–H groups in total. The van der Waals surface area contributed by atoms with Crippen molar-refractivity contribution in [1.82, 2.24) is 9.97 Å². The van der Waals surface area contributed by atoms with Crippen LogP contribution in [0.2, 0.25) is 0 Å². The summed E-state index contributed by atoms with van der Waals surface area (Å²) in [5, 5.41) is 0. The molecule has 2 unspecified atom stereocenters. The lowest BCUT2D eigenvalue weighted by molar-refractivity contribution is 0.444. The lowest BCUT2D eigenvalue weighted by Gasteiger charge is -2.29. The Kier molecular flexibility index (Phi) is 1.79. The van der Waals surface area contributed by atoms with E-state index < -0.39 is 0 Å². The largest absolute Gasteiger partial charge is 0.348 e. The van der Waals surface area contributed by atoms with Gasteiger partial charge in [-0.05, 0) is 19.3 Å². The van der Waals surface area contributed by atoms with Crippen molar-refractivity contribution in [2.75, 3.05) is 0 Å². The van der Waals surface area contributed by atoms with Gasteiger partial charge < -0.3 is 4.98 Å². The zero-order valence-corrected chi connectivity index (χ0v) is 8.11. The molecule has 0 saturated heterocycles. The quantitative estimate of drug-likeness (QED) is 0.717. The van der Waals surface area contributed by atoms with Crippen LogP contribution in [0.15, 0.2) is 36.3 Å². The first-order valence-electron chi connectivity index (χ1n) is 5.30. The van der Waals surface area contributed by atoms with Gasteiger partial charge in [0.1, 0.15) is 0 Å². The number of H-pyrrole nitrogens is 1. The van der Waals surface area contributed by atoms with Crippen molar-refractivity contribution in [2.45, 2.75) is 25.2 Å². The van der Waals surface area contributed by atoms with Crippen molar-refractivity contribution in [3.05, 3.63) is 42.0 Å². The summed E-state index contributed by atoms with van der Waals surface area (Å²) >= 11 is 0. The predicted molar refractivity (Wildman–Crippen MR) is 55.9 cm³/mol. The van der Waals surface area contributed by atoms with E-state index in [1.54, 1.807) is 11.9 Å². The highest BCUT2D eigenvalue weighted by atomic mass is 14.9. The second kappa shape index (κ2) is 3.12. The highest BCUT2D eigenvalue weighted by molar-refractivity contribution is 5.33. The minimum Gasteiger partial charge on any atom is -0.348 e. The number of nitrogens with zero attached hydrogens (tertiary/aromatic N) is 1. The van der Waals surface area contributed by atoms with Crippen LogP contribution in [0.4, 0.5) is 0 Å². The van der Waals surface area contributed by atoms with Crippen LogP contribution in [0.3, 0.4) is 0 Å². The van der Waals surface area contributed by atoms with Gasteiger partial charge in [0.05, 0.1) is 6.33 Å². The minimum absolute atomic E-state index is 0.635. The van der Waals surface area contributed by atoms with E-state index in [1.807, 2.05) is 6.20 Å². The topological polar surface area (TPSA) is 28.7 Å². The minimum atomic E-state index is 0.635. The van der Waals surface area contributed by atoms with E-state index in [2.05, 4.69) is 28.2 Å². The fourth-order valence-corrected chi connectivity index (χ4v) is 2.70. The van der Waals surface area contributed by atoms with E-state index >= 15 is 0 Å². The summed E-state index contributed by atoms with van der Waals surface area (Å²) in [5.41, 5.74) is 2.91. The van der Waals surface area contributed by atoms with Crippen molar-refractivity contribution in [1.29, 1.82) is 0 Å². The second-order valence-electron chi connectivity index (χ2n) is 4.16. The number of aromatic nitrogens is 2. The summed E-state index contributed by atoms with van der Waals surface area (Å²) in [7, 11) is 0. The molecule has 0 aromatic carbocycles. The van der Waals surface area contributed by atoms with Crippen LogP contribution in [0, 0.1) is 5.92 Å². The maximum absolute atomic E-state index is 4.11. The van der Waals surface area contributed by atoms with Crippen LogP contribution in [0.25, 0.3) is 0 Å². The third kappa shape index (κ3) is 1.14. The van der Waals surface area contributed by atoms with E-state index in [9.17, 15) is 0 Å². The molecule has 2 nitrogen and oxygen atoms in total. The van der Waals surface area contributed by atoms with Crippen LogP contribution in [0.1, 0.15) is 30.9 Å². The number of hydrogen-bond acceptors (Lipinski definition) is 1. The second-order valence-corrected chi connectivity index (χ2v) is 4.16. The van der Waals surface area contributed by atoms with Gasteiger partial charge in [-0.3, -0.25) is 0 Å². The molecule has 0 bridgehead atoms. The maximum Gasteiger partial charge on any atom is 0.0921 e. The van der Waals surface area contributed by atoms with Gasteiger partial charge in [-0.15, -0.1) is 0 Å². The summed E-state index contributed by atoms with van der Waals surface area (Å²) < 4.78 is 0. The van der Waals surface area contributed by atoms with E-state index in [4.69, 9.17) is 0 Å². The number of allylic oxidation sites excluding steroid dienone is 4. The normalized spacial score (nSPS) is 30.1. The Labute approximate surface area is 83.8 Å². The molecule has 1 saturated carbocycles. The Morgan fingerprint density at radius 3 is 3.29 bits per heavy atom. The molecule has 2 atom stereocenters. The van der Waals surface area contributed by atoms with E-state index in [0.29, 0.717) is 11.8 Å². The third-order valence-electron chi connectivity index (χ3n) is 3.39. The zero-order chi connectivity index (χ0) is 9.38. The van der Waals surface area contributed by atoms with Crippen LogP contribution < -0.4 is 0 Å². The number of hydrogen-bond donors (Lipinski definition) is 1. The molecule has 1 aromatic rings. The van der Waals surface area contributed by atoms with E-state index in [0.717, 1.165) is 0 Å². The monoisotopic (exact) mass is 186 g/mol. The molecule has 72 valence electrons. The highest BCUT2D eigenvalue weighted by Gasteiger charge is 2.30. The summed E-state index contributed by atoms with van der Waals surface area (Å²) in [6.07, 6.45) is 14.5. The molecule has 2 aliphatic rings. The fraction of sp³-hybridized carbons (Fsp3) is 0.417. The first-order chi connectivity index (χ1) is 6.95. The third-order valence-corrected chi connectivity index (χ3v) is 3.39. The summed E-state index contributed by atoms with van der Waals surface area (Å²) in [6.45, 7) is 0. The van der Waals surface area contributed by atoms with Crippen LogP contribution >= 0.6 is 0 Å². The number of nitrogens with one attached hydrogen (secondary N) is 1. The average molecular weight is 186 g/mol. The molecule has 0 aliphatic heterocycles. The summed E-state index contributed by atoms with van der Waals surface area (Å²) in [4.78, 5) is 7.36. The number of rotatable bonds is 1. The molecule has 14 heavy (non-hydrogen) atoms. The van der Waals surface area contributed by atoms with Gasteiger partial charge in [0.25, 0.3) is 0 Å². The molecule has 0 spiro atoms. The smallest absolute Gasteiger partial charge is 0.0921 e. The molecule has 0 amide bonds. The lowest BCUT2D eigenvalue weighted by Crippen LogP contribution is -2.17. The van der Waals surface area contributed by atoms with Gasteiger partial charge in [-0.1, -0.05) is 23.8 Å². The molecule has 1 fully saturated rings. The maximum atomic E-state index is 4.11. The molecule has 0 radical (unpaired) electrons. The Hall–Kier alpha value is -1.31. The van der Waals surface area contributed by atoms with Gasteiger partial charge in [0.15, 0.2) is 0 Å². The Bertz CT molecular complexity index is 373. The van der Waals surface area contributed by atoms with Gasteiger partial charge >= 0.3 is 0 Å². The van der Waals surface area contributed by atoms with Crippen LogP contribution in [-0.2, 0) is 0 Å². The van der Waals surface area contributed by atoms with E-state index in [1.165, 1.54) is 25.0 Å². The lowest BCUT2D eigenvalue weighted by atomic mass is 9.76. The van der Waals surface area contributed by atoms with Gasteiger partial charge in [0, 0.05) is 23.7 Å². The fourth-order valence-electron chi connectivity index (χ4n) is 2.70. The van der Waals surface area contributed by atoms with Crippen LogP contribution in [-0.4, -0.2) is 9.97 Å². The van der Waals surface area contributed by atoms with E-state index in [-0.39, 0.29) is 0 Å².